The van der Waals surface area contributed by atoms with Gasteiger partial charge in [0, 0.05) is 29.4 Å². The second kappa shape index (κ2) is 7.61. The molecule has 0 radical (unpaired) electrons. The summed E-state index contributed by atoms with van der Waals surface area (Å²) in [5.41, 5.74) is 1.02. The van der Waals surface area contributed by atoms with Crippen molar-refractivity contribution < 1.29 is 9.47 Å². The van der Waals surface area contributed by atoms with Gasteiger partial charge in [-0.1, -0.05) is 29.3 Å². The quantitative estimate of drug-likeness (QED) is 0.670. The summed E-state index contributed by atoms with van der Waals surface area (Å²) in [5.74, 6) is 1.38. The summed E-state index contributed by atoms with van der Waals surface area (Å²) in [7, 11) is 1.65. The van der Waals surface area contributed by atoms with Crippen LogP contribution in [0.25, 0.3) is 0 Å². The van der Waals surface area contributed by atoms with E-state index in [1.54, 1.807) is 25.3 Å². The van der Waals surface area contributed by atoms with Gasteiger partial charge in [0.2, 0.25) is 0 Å². The van der Waals surface area contributed by atoms with Crippen LogP contribution < -0.4 is 14.4 Å². The molecule has 2 aromatic rings. The van der Waals surface area contributed by atoms with Crippen LogP contribution in [-0.2, 0) is 0 Å². The first-order valence-electron chi connectivity index (χ1n) is 7.07. The number of methoxy groups -OCH3 is 1. The number of ether oxygens (including phenoxy) is 2. The number of anilines is 1. The van der Waals surface area contributed by atoms with E-state index in [2.05, 4.69) is 11.8 Å². The van der Waals surface area contributed by atoms with Crippen molar-refractivity contribution in [3.63, 3.8) is 0 Å². The molecule has 0 aliphatic heterocycles. The largest absolute Gasteiger partial charge is 0.497 e. The van der Waals surface area contributed by atoms with Gasteiger partial charge in [0.1, 0.15) is 11.5 Å². The van der Waals surface area contributed by atoms with Crippen molar-refractivity contribution in [3.8, 4) is 11.5 Å². The average Bonchev–Trinajstić information content (AvgIpc) is 2.52. The predicted molar refractivity (Wildman–Crippen MR) is 92.6 cm³/mol. The highest BCUT2D eigenvalue weighted by Gasteiger charge is 2.16. The second-order valence-corrected chi connectivity index (χ2v) is 5.62. The fourth-order valence-corrected chi connectivity index (χ4v) is 2.58. The van der Waals surface area contributed by atoms with Crippen LogP contribution >= 0.6 is 23.2 Å². The normalized spacial score (nSPS) is 11.9. The molecule has 0 saturated carbocycles. The number of nitrogens with zero attached hydrogens (tertiary/aromatic N) is 1. The highest BCUT2D eigenvalue weighted by atomic mass is 35.5. The number of hydrogen-bond acceptors (Lipinski definition) is 3. The number of halogens is 2. The lowest BCUT2D eigenvalue weighted by molar-refractivity contribution is 0.216. The van der Waals surface area contributed by atoms with Crippen LogP contribution in [-0.4, -0.2) is 19.9 Å². The molecule has 0 N–H and O–H groups in total. The topological polar surface area (TPSA) is 21.7 Å². The maximum absolute atomic E-state index is 6.16. The molecule has 22 heavy (non-hydrogen) atoms. The SMILES string of the molecule is CCN(c1cccc(OC)c1)C(C)Oc1cc(Cl)ccc1Cl. The second-order valence-electron chi connectivity index (χ2n) is 4.78. The van der Waals surface area contributed by atoms with E-state index in [1.165, 1.54) is 0 Å². The van der Waals surface area contributed by atoms with Crippen LogP contribution in [0.2, 0.25) is 10.0 Å². The van der Waals surface area contributed by atoms with Gasteiger partial charge in [0.15, 0.2) is 6.23 Å². The summed E-state index contributed by atoms with van der Waals surface area (Å²) in [4.78, 5) is 2.11. The predicted octanol–water partition coefficient (Wildman–Crippen LogP) is 5.25. The third-order valence-corrected chi connectivity index (χ3v) is 3.90. The third kappa shape index (κ3) is 3.99. The van der Waals surface area contributed by atoms with Crippen molar-refractivity contribution in [2.45, 2.75) is 20.1 Å². The Morgan fingerprint density at radius 1 is 1.14 bits per heavy atom. The van der Waals surface area contributed by atoms with E-state index in [1.807, 2.05) is 31.2 Å². The van der Waals surface area contributed by atoms with Crippen LogP contribution in [0.3, 0.4) is 0 Å². The fourth-order valence-electron chi connectivity index (χ4n) is 2.25. The molecule has 5 heteroatoms. The van der Waals surface area contributed by atoms with Crippen molar-refractivity contribution in [3.05, 3.63) is 52.5 Å². The molecule has 0 heterocycles. The minimum Gasteiger partial charge on any atom is -0.497 e. The molecule has 1 unspecified atom stereocenters. The Hall–Kier alpha value is -1.58. The molecule has 3 nitrogen and oxygen atoms in total. The first kappa shape index (κ1) is 16.8. The Labute approximate surface area is 141 Å². The lowest BCUT2D eigenvalue weighted by Crippen LogP contribution is -2.37. The van der Waals surface area contributed by atoms with Gasteiger partial charge in [-0.15, -0.1) is 0 Å². The number of rotatable bonds is 6. The van der Waals surface area contributed by atoms with Crippen LogP contribution in [0.5, 0.6) is 11.5 Å². The minimum atomic E-state index is -0.201. The summed E-state index contributed by atoms with van der Waals surface area (Å²) in [6.45, 7) is 4.83. The van der Waals surface area contributed by atoms with Gasteiger partial charge < -0.3 is 14.4 Å². The zero-order valence-corrected chi connectivity index (χ0v) is 14.4. The Kier molecular flexibility index (Phi) is 5.81. The van der Waals surface area contributed by atoms with Crippen molar-refractivity contribution >= 4 is 28.9 Å². The molecule has 0 fully saturated rings. The molecule has 1 atom stereocenters. The maximum Gasteiger partial charge on any atom is 0.169 e. The standard InChI is InChI=1S/C17H19Cl2NO2/c1-4-20(14-6-5-7-15(11-14)21-3)12(2)22-17-10-13(18)8-9-16(17)19/h5-12H,4H2,1-3H3. The first-order valence-corrected chi connectivity index (χ1v) is 7.83. The van der Waals surface area contributed by atoms with E-state index >= 15 is 0 Å². The van der Waals surface area contributed by atoms with Crippen LogP contribution in [0, 0.1) is 0 Å². The van der Waals surface area contributed by atoms with E-state index in [4.69, 9.17) is 32.7 Å². The Morgan fingerprint density at radius 3 is 2.59 bits per heavy atom. The lowest BCUT2D eigenvalue weighted by Gasteiger charge is -2.30. The zero-order chi connectivity index (χ0) is 16.1. The molecular formula is C17H19Cl2NO2. The van der Waals surface area contributed by atoms with E-state index < -0.39 is 0 Å². The van der Waals surface area contributed by atoms with Crippen molar-refractivity contribution in [2.24, 2.45) is 0 Å². The van der Waals surface area contributed by atoms with Gasteiger partial charge in [-0.2, -0.15) is 0 Å². The fraction of sp³-hybridized carbons (Fsp3) is 0.294. The number of hydrogen-bond donors (Lipinski definition) is 0. The van der Waals surface area contributed by atoms with Gasteiger partial charge in [-0.05, 0) is 38.1 Å². The summed E-state index contributed by atoms with van der Waals surface area (Å²) in [5, 5.41) is 1.13. The highest BCUT2D eigenvalue weighted by Crippen LogP contribution is 2.30. The highest BCUT2D eigenvalue weighted by molar-refractivity contribution is 6.34. The summed E-state index contributed by atoms with van der Waals surface area (Å²) in [6, 6.07) is 13.1. The molecule has 0 aliphatic rings. The van der Waals surface area contributed by atoms with Crippen LogP contribution in [0.4, 0.5) is 5.69 Å². The van der Waals surface area contributed by atoms with Gasteiger partial charge in [-0.25, -0.2) is 0 Å². The Bertz CT molecular complexity index is 634. The molecule has 0 aliphatic carbocycles. The molecule has 2 aromatic carbocycles. The van der Waals surface area contributed by atoms with E-state index in [9.17, 15) is 0 Å². The number of benzene rings is 2. The molecular weight excluding hydrogens is 321 g/mol. The van der Waals surface area contributed by atoms with E-state index in [0.29, 0.717) is 15.8 Å². The molecule has 0 saturated heterocycles. The Morgan fingerprint density at radius 2 is 1.91 bits per heavy atom. The smallest absolute Gasteiger partial charge is 0.169 e. The first-order chi connectivity index (χ1) is 10.5. The molecule has 0 aromatic heterocycles. The summed E-state index contributed by atoms with van der Waals surface area (Å²) in [6.07, 6.45) is -0.201. The molecule has 0 spiro atoms. The lowest BCUT2D eigenvalue weighted by atomic mass is 10.2. The van der Waals surface area contributed by atoms with Crippen molar-refractivity contribution in [1.82, 2.24) is 0 Å². The van der Waals surface area contributed by atoms with Crippen LogP contribution in [0.1, 0.15) is 13.8 Å². The minimum absolute atomic E-state index is 0.201. The van der Waals surface area contributed by atoms with Gasteiger partial charge in [0.05, 0.1) is 12.1 Å². The summed E-state index contributed by atoms with van der Waals surface area (Å²) >= 11 is 12.2. The molecule has 0 amide bonds. The van der Waals surface area contributed by atoms with Gasteiger partial charge in [0.25, 0.3) is 0 Å². The van der Waals surface area contributed by atoms with E-state index in [0.717, 1.165) is 18.0 Å². The van der Waals surface area contributed by atoms with Gasteiger partial charge >= 0.3 is 0 Å². The maximum atomic E-state index is 6.16. The Balaban J connectivity index is 2.21. The van der Waals surface area contributed by atoms with Crippen molar-refractivity contribution in [2.75, 3.05) is 18.6 Å². The van der Waals surface area contributed by atoms with Gasteiger partial charge in [-0.3, -0.25) is 0 Å². The van der Waals surface area contributed by atoms with Crippen LogP contribution in [0.15, 0.2) is 42.5 Å². The third-order valence-electron chi connectivity index (χ3n) is 3.36. The van der Waals surface area contributed by atoms with Crippen molar-refractivity contribution in [1.29, 1.82) is 0 Å². The monoisotopic (exact) mass is 339 g/mol. The molecule has 2 rings (SSSR count). The molecule has 118 valence electrons. The average molecular weight is 340 g/mol. The molecule has 0 bridgehead atoms. The zero-order valence-electron chi connectivity index (χ0n) is 12.8. The summed E-state index contributed by atoms with van der Waals surface area (Å²) < 4.78 is 11.3. The van der Waals surface area contributed by atoms with E-state index in [-0.39, 0.29) is 6.23 Å².